The molecule has 0 radical (unpaired) electrons. The molecule has 1 rings (SSSR count). The molecule has 0 aromatic heterocycles. The normalized spacial score (nSPS) is 9.07. The van der Waals surface area contributed by atoms with Crippen LogP contribution in [0.4, 0.5) is 5.69 Å². The Balaban J connectivity index is 2.22. The van der Waals surface area contributed by atoms with Crippen molar-refractivity contribution in [3.05, 3.63) is 43.2 Å². The molecule has 0 atom stereocenters. The van der Waals surface area contributed by atoms with Crippen molar-refractivity contribution in [1.29, 1.82) is 0 Å². The van der Waals surface area contributed by atoms with Crippen molar-refractivity contribution in [1.82, 2.24) is 0 Å². The van der Waals surface area contributed by atoms with Crippen LogP contribution in [0.1, 0.15) is 0 Å². The highest BCUT2D eigenvalue weighted by Gasteiger charge is 1.97. The number of hydrogen-bond acceptors (Lipinski definition) is 3. The van der Waals surface area contributed by atoms with E-state index in [9.17, 15) is 0 Å². The van der Waals surface area contributed by atoms with Gasteiger partial charge in [0.1, 0.15) is 13.2 Å². The second kappa shape index (κ2) is 6.84. The van der Waals surface area contributed by atoms with Crippen molar-refractivity contribution in [3.8, 4) is 0 Å². The van der Waals surface area contributed by atoms with Crippen LogP contribution in [-0.2, 0) is 9.47 Å². The molecule has 0 saturated carbocycles. The highest BCUT2D eigenvalue weighted by Crippen LogP contribution is 2.05. The summed E-state index contributed by atoms with van der Waals surface area (Å²) < 4.78 is 10.1. The molecule has 0 aliphatic heterocycles. The fourth-order valence-corrected chi connectivity index (χ4v) is 1.14. The van der Waals surface area contributed by atoms with Crippen LogP contribution in [-0.4, -0.2) is 18.4 Å². The van der Waals surface area contributed by atoms with E-state index in [0.717, 1.165) is 5.69 Å². The van der Waals surface area contributed by atoms with Gasteiger partial charge >= 0.3 is 0 Å². The van der Waals surface area contributed by atoms with E-state index < -0.39 is 0 Å². The Morgan fingerprint density at radius 3 is 2.73 bits per heavy atom. The van der Waals surface area contributed by atoms with Crippen LogP contribution >= 0.6 is 12.2 Å². The van der Waals surface area contributed by atoms with Gasteiger partial charge in [0, 0.05) is 5.69 Å². The van der Waals surface area contributed by atoms with Gasteiger partial charge in [-0.1, -0.05) is 24.8 Å². The number of ether oxygens (including phenoxy) is 2. The van der Waals surface area contributed by atoms with Crippen molar-refractivity contribution < 1.29 is 9.47 Å². The Kier molecular flexibility index (Phi) is 5.25. The van der Waals surface area contributed by atoms with Crippen LogP contribution in [0.15, 0.2) is 43.2 Å². The van der Waals surface area contributed by atoms with Gasteiger partial charge in [0.25, 0.3) is 5.17 Å². The summed E-state index contributed by atoms with van der Waals surface area (Å²) in [6, 6.07) is 9.61. The van der Waals surface area contributed by atoms with Gasteiger partial charge < -0.3 is 14.8 Å². The average molecular weight is 223 g/mol. The molecule has 0 spiro atoms. The molecular weight excluding hydrogens is 210 g/mol. The third-order valence-corrected chi connectivity index (χ3v) is 1.79. The summed E-state index contributed by atoms with van der Waals surface area (Å²) in [7, 11) is 0. The molecule has 80 valence electrons. The number of benzene rings is 1. The van der Waals surface area contributed by atoms with E-state index in [0.29, 0.717) is 18.4 Å². The molecule has 1 N–H and O–H groups in total. The molecule has 0 amide bonds. The quantitative estimate of drug-likeness (QED) is 0.472. The van der Waals surface area contributed by atoms with E-state index in [1.807, 2.05) is 30.3 Å². The standard InChI is InChI=1S/C11H13NO2S/c1-2-13-8-9-14-11(15)12-10-6-4-3-5-7-10/h2-7H,1,8-9H2,(H,12,15). The van der Waals surface area contributed by atoms with Crippen LogP contribution < -0.4 is 5.32 Å². The SMILES string of the molecule is C=COCCOC(=S)Nc1ccccc1. The molecule has 0 aliphatic rings. The Morgan fingerprint density at radius 2 is 2.07 bits per heavy atom. The molecule has 3 nitrogen and oxygen atoms in total. The lowest BCUT2D eigenvalue weighted by molar-refractivity contribution is 0.176. The number of nitrogens with one attached hydrogen (secondary N) is 1. The lowest BCUT2D eigenvalue weighted by Gasteiger charge is -2.09. The summed E-state index contributed by atoms with van der Waals surface area (Å²) in [5, 5.41) is 3.29. The van der Waals surface area contributed by atoms with Gasteiger partial charge in [0.15, 0.2) is 0 Å². The highest BCUT2D eigenvalue weighted by molar-refractivity contribution is 7.80. The Bertz CT molecular complexity index is 314. The van der Waals surface area contributed by atoms with E-state index in [4.69, 9.17) is 21.7 Å². The van der Waals surface area contributed by atoms with Gasteiger partial charge in [-0.15, -0.1) is 0 Å². The maximum absolute atomic E-state index is 5.20. The first-order valence-electron chi connectivity index (χ1n) is 4.54. The molecule has 0 fully saturated rings. The van der Waals surface area contributed by atoms with E-state index in [2.05, 4.69) is 11.9 Å². The molecule has 1 aromatic rings. The fraction of sp³-hybridized carbons (Fsp3) is 0.182. The molecule has 4 heteroatoms. The van der Waals surface area contributed by atoms with Crippen molar-refractivity contribution in [2.24, 2.45) is 0 Å². The zero-order valence-electron chi connectivity index (χ0n) is 8.31. The second-order valence-electron chi connectivity index (χ2n) is 2.66. The van der Waals surface area contributed by atoms with Crippen molar-refractivity contribution in [3.63, 3.8) is 0 Å². The number of anilines is 1. The zero-order valence-corrected chi connectivity index (χ0v) is 9.13. The van der Waals surface area contributed by atoms with Crippen LogP contribution in [0, 0.1) is 0 Å². The third-order valence-electron chi connectivity index (χ3n) is 1.57. The number of hydrogen-bond donors (Lipinski definition) is 1. The average Bonchev–Trinajstić information content (AvgIpc) is 2.26. The number of para-hydroxylation sites is 1. The third kappa shape index (κ3) is 5.02. The monoisotopic (exact) mass is 223 g/mol. The van der Waals surface area contributed by atoms with Gasteiger partial charge in [-0.3, -0.25) is 0 Å². The van der Waals surface area contributed by atoms with Crippen molar-refractivity contribution in [2.75, 3.05) is 18.5 Å². The number of rotatable bonds is 5. The molecule has 0 saturated heterocycles. The first-order chi connectivity index (χ1) is 7.33. The zero-order chi connectivity index (χ0) is 10.9. The molecule has 0 heterocycles. The fourth-order valence-electron chi connectivity index (χ4n) is 0.941. The van der Waals surface area contributed by atoms with Crippen LogP contribution in [0.2, 0.25) is 0 Å². The van der Waals surface area contributed by atoms with E-state index in [1.165, 1.54) is 6.26 Å². The lowest BCUT2D eigenvalue weighted by atomic mass is 10.3. The largest absolute Gasteiger partial charge is 0.498 e. The summed E-state index contributed by atoms with van der Waals surface area (Å²) in [5.41, 5.74) is 0.909. The topological polar surface area (TPSA) is 30.5 Å². The molecular formula is C11H13NO2S. The molecule has 0 aliphatic carbocycles. The van der Waals surface area contributed by atoms with Gasteiger partial charge in [0.05, 0.1) is 6.26 Å². The molecule has 0 bridgehead atoms. The maximum atomic E-state index is 5.20. The first-order valence-corrected chi connectivity index (χ1v) is 4.95. The predicted molar refractivity (Wildman–Crippen MR) is 64.8 cm³/mol. The van der Waals surface area contributed by atoms with E-state index in [1.54, 1.807) is 0 Å². The summed E-state index contributed by atoms with van der Waals surface area (Å²) >= 11 is 4.97. The van der Waals surface area contributed by atoms with Crippen molar-refractivity contribution >= 4 is 23.1 Å². The summed E-state index contributed by atoms with van der Waals surface area (Å²) in [4.78, 5) is 0. The minimum atomic E-state index is 0.342. The van der Waals surface area contributed by atoms with Crippen molar-refractivity contribution in [2.45, 2.75) is 0 Å². The summed E-state index contributed by atoms with van der Waals surface area (Å²) in [5.74, 6) is 0. The Labute approximate surface area is 94.7 Å². The summed E-state index contributed by atoms with van der Waals surface area (Å²) in [6.07, 6.45) is 1.37. The maximum Gasteiger partial charge on any atom is 0.261 e. The Hall–Kier alpha value is -1.55. The van der Waals surface area contributed by atoms with Crippen LogP contribution in [0.5, 0.6) is 0 Å². The van der Waals surface area contributed by atoms with Gasteiger partial charge in [-0.05, 0) is 24.4 Å². The van der Waals surface area contributed by atoms with Crippen LogP contribution in [0.25, 0.3) is 0 Å². The minimum absolute atomic E-state index is 0.342. The van der Waals surface area contributed by atoms with Gasteiger partial charge in [0.2, 0.25) is 0 Å². The Morgan fingerprint density at radius 1 is 1.33 bits per heavy atom. The smallest absolute Gasteiger partial charge is 0.261 e. The molecule has 0 unspecified atom stereocenters. The van der Waals surface area contributed by atoms with E-state index in [-0.39, 0.29) is 0 Å². The minimum Gasteiger partial charge on any atom is -0.498 e. The van der Waals surface area contributed by atoms with Crippen LogP contribution in [0.3, 0.4) is 0 Å². The van der Waals surface area contributed by atoms with Gasteiger partial charge in [-0.2, -0.15) is 0 Å². The second-order valence-corrected chi connectivity index (χ2v) is 3.04. The molecule has 15 heavy (non-hydrogen) atoms. The highest BCUT2D eigenvalue weighted by atomic mass is 32.1. The number of thiocarbonyl (C=S) groups is 1. The first kappa shape index (κ1) is 11.5. The lowest BCUT2D eigenvalue weighted by Crippen LogP contribution is -2.15. The predicted octanol–water partition coefficient (Wildman–Crippen LogP) is 2.56. The van der Waals surface area contributed by atoms with Gasteiger partial charge in [-0.25, -0.2) is 0 Å². The molecule has 1 aromatic carbocycles. The van der Waals surface area contributed by atoms with E-state index >= 15 is 0 Å². The summed E-state index contributed by atoms with van der Waals surface area (Å²) in [6.45, 7) is 4.27.